The van der Waals surface area contributed by atoms with E-state index in [-0.39, 0.29) is 11.6 Å². The maximum atomic E-state index is 12.9. The Hall–Kier alpha value is -2.73. The predicted octanol–water partition coefficient (Wildman–Crippen LogP) is 3.62. The summed E-state index contributed by atoms with van der Waals surface area (Å²) in [6.45, 7) is 1.75. The van der Waals surface area contributed by atoms with Gasteiger partial charge in [-0.3, -0.25) is 4.79 Å². The number of amides is 1. The highest BCUT2D eigenvalue weighted by Gasteiger charge is 2.15. The lowest BCUT2D eigenvalue weighted by atomic mass is 10.3. The quantitative estimate of drug-likeness (QED) is 0.798. The molecule has 23 heavy (non-hydrogen) atoms. The molecule has 0 unspecified atom stereocenters. The molecule has 0 atom stereocenters. The highest BCUT2D eigenvalue weighted by Crippen LogP contribution is 2.15. The molecule has 0 aliphatic carbocycles. The molecule has 0 spiro atoms. The summed E-state index contributed by atoms with van der Waals surface area (Å²) in [4.78, 5) is 16.3. The number of aromatic nitrogens is 3. The van der Waals surface area contributed by atoms with Crippen molar-refractivity contribution in [1.29, 1.82) is 0 Å². The maximum absolute atomic E-state index is 12.9. The molecular weight excluding hydrogens is 319 g/mol. The lowest BCUT2D eigenvalue weighted by molar-refractivity contribution is 0.101. The Morgan fingerprint density at radius 2 is 1.78 bits per heavy atom. The average molecular weight is 331 g/mol. The second-order valence-electron chi connectivity index (χ2n) is 4.83. The standard InChI is InChI=1S/C16H12ClFN4O/c1-10-19-15(16(23)20-13-6-4-12(18)5-7-13)21-22(10)14-8-2-11(17)3-9-14/h2-9H,1H3,(H,20,23). The summed E-state index contributed by atoms with van der Waals surface area (Å²) in [5.41, 5.74) is 1.22. The van der Waals surface area contributed by atoms with Gasteiger partial charge < -0.3 is 5.32 Å². The van der Waals surface area contributed by atoms with Crippen molar-refractivity contribution in [1.82, 2.24) is 14.8 Å². The van der Waals surface area contributed by atoms with Crippen molar-refractivity contribution in [3.05, 3.63) is 71.0 Å². The number of hydrogen-bond donors (Lipinski definition) is 1. The number of halogens is 2. The molecule has 2 aromatic carbocycles. The van der Waals surface area contributed by atoms with E-state index < -0.39 is 5.91 Å². The Labute approximate surface area is 136 Å². The molecule has 116 valence electrons. The molecular formula is C16H12ClFN4O. The first-order valence-electron chi connectivity index (χ1n) is 6.79. The van der Waals surface area contributed by atoms with Gasteiger partial charge in [0, 0.05) is 10.7 Å². The molecule has 0 radical (unpaired) electrons. The van der Waals surface area contributed by atoms with Gasteiger partial charge in [-0.05, 0) is 55.5 Å². The first-order valence-corrected chi connectivity index (χ1v) is 7.17. The molecule has 1 amide bonds. The van der Waals surface area contributed by atoms with E-state index >= 15 is 0 Å². The molecule has 0 bridgehead atoms. The highest BCUT2D eigenvalue weighted by molar-refractivity contribution is 6.30. The first-order chi connectivity index (χ1) is 11.0. The van der Waals surface area contributed by atoms with Crippen LogP contribution >= 0.6 is 11.6 Å². The van der Waals surface area contributed by atoms with E-state index in [1.165, 1.54) is 24.3 Å². The number of aryl methyl sites for hydroxylation is 1. The predicted molar refractivity (Wildman–Crippen MR) is 85.5 cm³/mol. The second kappa shape index (κ2) is 6.18. The topological polar surface area (TPSA) is 59.8 Å². The third kappa shape index (κ3) is 3.37. The van der Waals surface area contributed by atoms with Gasteiger partial charge in [0.05, 0.1) is 5.69 Å². The fourth-order valence-corrected chi connectivity index (χ4v) is 2.16. The van der Waals surface area contributed by atoms with E-state index in [4.69, 9.17) is 11.6 Å². The van der Waals surface area contributed by atoms with Crippen molar-refractivity contribution in [3.63, 3.8) is 0 Å². The number of anilines is 1. The van der Waals surface area contributed by atoms with Gasteiger partial charge in [-0.15, -0.1) is 5.10 Å². The van der Waals surface area contributed by atoms with Gasteiger partial charge in [-0.25, -0.2) is 14.1 Å². The fraction of sp³-hybridized carbons (Fsp3) is 0.0625. The van der Waals surface area contributed by atoms with Crippen LogP contribution in [0.3, 0.4) is 0 Å². The molecule has 0 aliphatic heterocycles. The number of rotatable bonds is 3. The van der Waals surface area contributed by atoms with Crippen molar-refractivity contribution in [2.75, 3.05) is 5.32 Å². The lowest BCUT2D eigenvalue weighted by Crippen LogP contribution is -2.14. The van der Waals surface area contributed by atoms with Gasteiger partial charge >= 0.3 is 0 Å². The third-order valence-corrected chi connectivity index (χ3v) is 3.40. The van der Waals surface area contributed by atoms with Crippen LogP contribution in [0.2, 0.25) is 5.02 Å². The molecule has 0 saturated carbocycles. The van der Waals surface area contributed by atoms with Crippen LogP contribution in [0.15, 0.2) is 48.5 Å². The molecule has 3 aromatic rings. The van der Waals surface area contributed by atoms with Crippen molar-refractivity contribution in [2.45, 2.75) is 6.92 Å². The summed E-state index contributed by atoms with van der Waals surface area (Å²) in [5.74, 6) is -0.241. The zero-order valence-electron chi connectivity index (χ0n) is 12.1. The molecule has 1 heterocycles. The Balaban J connectivity index is 1.83. The Morgan fingerprint density at radius 3 is 2.43 bits per heavy atom. The van der Waals surface area contributed by atoms with Gasteiger partial charge in [0.2, 0.25) is 5.82 Å². The minimum Gasteiger partial charge on any atom is -0.319 e. The summed E-state index contributed by atoms with van der Waals surface area (Å²) in [5, 5.41) is 7.43. The Morgan fingerprint density at radius 1 is 1.13 bits per heavy atom. The van der Waals surface area contributed by atoms with Crippen molar-refractivity contribution in [3.8, 4) is 5.69 Å². The number of hydrogen-bond acceptors (Lipinski definition) is 3. The van der Waals surface area contributed by atoms with Crippen molar-refractivity contribution < 1.29 is 9.18 Å². The summed E-state index contributed by atoms with van der Waals surface area (Å²) >= 11 is 5.86. The van der Waals surface area contributed by atoms with Crippen LogP contribution < -0.4 is 5.32 Å². The van der Waals surface area contributed by atoms with Crippen LogP contribution in [-0.4, -0.2) is 20.7 Å². The first kappa shape index (κ1) is 15.2. The van der Waals surface area contributed by atoms with Crippen LogP contribution in [0, 0.1) is 12.7 Å². The second-order valence-corrected chi connectivity index (χ2v) is 5.27. The molecule has 0 fully saturated rings. The number of nitrogens with one attached hydrogen (secondary N) is 1. The number of carbonyl (C=O) groups is 1. The molecule has 5 nitrogen and oxygen atoms in total. The molecule has 3 rings (SSSR count). The molecule has 7 heteroatoms. The van der Waals surface area contributed by atoms with E-state index in [2.05, 4.69) is 15.4 Å². The minimum absolute atomic E-state index is 0.0294. The minimum atomic E-state index is -0.465. The van der Waals surface area contributed by atoms with Gasteiger partial charge in [0.1, 0.15) is 11.6 Å². The van der Waals surface area contributed by atoms with Crippen molar-refractivity contribution >= 4 is 23.2 Å². The van der Waals surface area contributed by atoms with E-state index in [9.17, 15) is 9.18 Å². The zero-order chi connectivity index (χ0) is 16.4. The van der Waals surface area contributed by atoms with E-state index in [1.807, 2.05) is 0 Å². The highest BCUT2D eigenvalue weighted by atomic mass is 35.5. The SMILES string of the molecule is Cc1nc(C(=O)Nc2ccc(F)cc2)nn1-c1ccc(Cl)cc1. The molecule has 1 aromatic heterocycles. The third-order valence-electron chi connectivity index (χ3n) is 3.15. The maximum Gasteiger partial charge on any atom is 0.295 e. The number of carbonyl (C=O) groups excluding carboxylic acids is 1. The van der Waals surface area contributed by atoms with E-state index in [0.717, 1.165) is 5.69 Å². The largest absolute Gasteiger partial charge is 0.319 e. The fourth-order valence-electron chi connectivity index (χ4n) is 2.03. The Kier molecular flexibility index (Phi) is 4.08. The lowest BCUT2D eigenvalue weighted by Gasteiger charge is -2.03. The number of benzene rings is 2. The molecule has 0 aliphatic rings. The summed E-state index contributed by atoms with van der Waals surface area (Å²) in [6, 6.07) is 12.5. The van der Waals surface area contributed by atoms with Crippen LogP contribution in [0.25, 0.3) is 5.69 Å². The summed E-state index contributed by atoms with van der Waals surface area (Å²) < 4.78 is 14.4. The van der Waals surface area contributed by atoms with Gasteiger partial charge in [0.15, 0.2) is 0 Å². The van der Waals surface area contributed by atoms with Crippen LogP contribution in [0.1, 0.15) is 16.4 Å². The normalized spacial score (nSPS) is 10.6. The smallest absolute Gasteiger partial charge is 0.295 e. The Bertz CT molecular complexity index is 844. The van der Waals surface area contributed by atoms with Crippen LogP contribution in [0.4, 0.5) is 10.1 Å². The molecule has 0 saturated heterocycles. The van der Waals surface area contributed by atoms with Crippen LogP contribution in [-0.2, 0) is 0 Å². The van der Waals surface area contributed by atoms with Gasteiger partial charge in [0.25, 0.3) is 5.91 Å². The van der Waals surface area contributed by atoms with Gasteiger partial charge in [-0.1, -0.05) is 11.6 Å². The van der Waals surface area contributed by atoms with Crippen molar-refractivity contribution in [2.24, 2.45) is 0 Å². The monoisotopic (exact) mass is 330 g/mol. The zero-order valence-corrected chi connectivity index (χ0v) is 12.9. The molecule has 1 N–H and O–H groups in total. The number of nitrogens with zero attached hydrogens (tertiary/aromatic N) is 3. The van der Waals surface area contributed by atoms with Gasteiger partial charge in [-0.2, -0.15) is 0 Å². The summed E-state index contributed by atoms with van der Waals surface area (Å²) in [7, 11) is 0. The average Bonchev–Trinajstić information content (AvgIpc) is 2.92. The van der Waals surface area contributed by atoms with E-state index in [0.29, 0.717) is 16.5 Å². The van der Waals surface area contributed by atoms with Crippen LogP contribution in [0.5, 0.6) is 0 Å². The van der Waals surface area contributed by atoms with E-state index in [1.54, 1.807) is 35.9 Å². The summed E-state index contributed by atoms with van der Waals surface area (Å²) in [6.07, 6.45) is 0.